The van der Waals surface area contributed by atoms with Gasteiger partial charge < -0.3 is 20.1 Å². The molecule has 25 heavy (non-hydrogen) atoms. The summed E-state index contributed by atoms with van der Waals surface area (Å²) >= 11 is 0. The van der Waals surface area contributed by atoms with Gasteiger partial charge in [0.1, 0.15) is 11.9 Å². The van der Waals surface area contributed by atoms with Gasteiger partial charge in [0.25, 0.3) is 0 Å². The first-order valence-corrected chi connectivity index (χ1v) is 9.48. The van der Waals surface area contributed by atoms with Crippen LogP contribution in [0.2, 0.25) is 0 Å². The molecule has 0 bridgehead atoms. The lowest BCUT2D eigenvalue weighted by molar-refractivity contribution is 0.100. The molecule has 3 rings (SSSR count). The van der Waals surface area contributed by atoms with Crippen LogP contribution in [0, 0.1) is 13.8 Å². The van der Waals surface area contributed by atoms with Crippen LogP contribution in [0.4, 0.5) is 4.79 Å². The van der Waals surface area contributed by atoms with E-state index in [1.807, 2.05) is 11.0 Å². The van der Waals surface area contributed by atoms with E-state index in [0.717, 1.165) is 57.4 Å². The first-order chi connectivity index (χ1) is 12.0. The molecular weight excluding hydrogens is 316 g/mol. The van der Waals surface area contributed by atoms with Gasteiger partial charge in [-0.25, -0.2) is 4.79 Å². The zero-order valence-corrected chi connectivity index (χ0v) is 15.3. The van der Waals surface area contributed by atoms with Crippen LogP contribution in [-0.4, -0.2) is 47.4 Å². The number of piperidine rings is 1. The average Bonchev–Trinajstić information content (AvgIpc) is 2.61. The van der Waals surface area contributed by atoms with Gasteiger partial charge in [0.2, 0.25) is 0 Å². The Morgan fingerprint density at radius 2 is 1.76 bits per heavy atom. The summed E-state index contributed by atoms with van der Waals surface area (Å²) in [5.74, 6) is 0.923. The smallest absolute Gasteiger partial charge is 0.317 e. The van der Waals surface area contributed by atoms with Crippen LogP contribution in [0.15, 0.2) is 18.2 Å². The van der Waals surface area contributed by atoms with E-state index in [4.69, 9.17) is 4.74 Å². The first-order valence-electron chi connectivity index (χ1n) is 9.48. The van der Waals surface area contributed by atoms with Crippen molar-refractivity contribution in [1.29, 1.82) is 0 Å². The topological polar surface area (TPSA) is 61.8 Å². The second-order valence-corrected chi connectivity index (χ2v) is 7.51. The van der Waals surface area contributed by atoms with Gasteiger partial charge in [-0.2, -0.15) is 0 Å². The van der Waals surface area contributed by atoms with Crippen molar-refractivity contribution in [2.24, 2.45) is 0 Å². The Hall–Kier alpha value is -1.75. The van der Waals surface area contributed by atoms with Crippen molar-refractivity contribution in [1.82, 2.24) is 10.2 Å². The van der Waals surface area contributed by atoms with E-state index in [1.165, 1.54) is 11.1 Å². The Balaban J connectivity index is 1.43. The van der Waals surface area contributed by atoms with Crippen LogP contribution in [0.5, 0.6) is 5.75 Å². The molecule has 0 atom stereocenters. The molecule has 1 aromatic carbocycles. The molecule has 0 radical (unpaired) electrons. The van der Waals surface area contributed by atoms with Crippen LogP contribution in [0.25, 0.3) is 0 Å². The van der Waals surface area contributed by atoms with Gasteiger partial charge in [-0.05, 0) is 62.8 Å². The fraction of sp³-hybridized carbons (Fsp3) is 0.650. The molecule has 1 saturated heterocycles. The van der Waals surface area contributed by atoms with E-state index >= 15 is 0 Å². The number of amides is 2. The number of nitrogens with zero attached hydrogens (tertiary/aromatic N) is 1. The molecule has 5 heteroatoms. The maximum absolute atomic E-state index is 12.4. The lowest BCUT2D eigenvalue weighted by Crippen LogP contribution is -2.50. The standard InChI is InChI=1S/C20H30N2O3/c1-14-3-8-19(13-15(14)2)25-18-9-11-22(12-10-18)20(24)21-16-4-6-17(23)7-5-16/h3,8,13,16-18,23H,4-7,9-12H2,1-2H3,(H,21,24). The number of urea groups is 1. The van der Waals surface area contributed by atoms with Crippen molar-refractivity contribution in [3.8, 4) is 5.75 Å². The molecule has 138 valence electrons. The van der Waals surface area contributed by atoms with Crippen LogP contribution < -0.4 is 10.1 Å². The zero-order chi connectivity index (χ0) is 17.8. The molecule has 2 fully saturated rings. The van der Waals surface area contributed by atoms with Crippen molar-refractivity contribution < 1.29 is 14.6 Å². The second kappa shape index (κ2) is 8.09. The largest absolute Gasteiger partial charge is 0.490 e. The number of aliphatic hydroxyl groups excluding tert-OH is 1. The molecule has 1 aliphatic carbocycles. The number of aliphatic hydroxyl groups is 1. The van der Waals surface area contributed by atoms with Crippen LogP contribution in [-0.2, 0) is 0 Å². The lowest BCUT2D eigenvalue weighted by Gasteiger charge is -2.34. The molecule has 1 aliphatic heterocycles. The van der Waals surface area contributed by atoms with E-state index in [2.05, 4.69) is 31.3 Å². The van der Waals surface area contributed by atoms with Crippen molar-refractivity contribution in [2.75, 3.05) is 13.1 Å². The number of nitrogens with one attached hydrogen (secondary N) is 1. The number of hydrogen-bond donors (Lipinski definition) is 2. The van der Waals surface area contributed by atoms with Gasteiger partial charge >= 0.3 is 6.03 Å². The minimum Gasteiger partial charge on any atom is -0.490 e. The van der Waals surface area contributed by atoms with Crippen molar-refractivity contribution in [2.45, 2.75) is 70.6 Å². The SMILES string of the molecule is Cc1ccc(OC2CCN(C(=O)NC3CCC(O)CC3)CC2)cc1C. The summed E-state index contributed by atoms with van der Waals surface area (Å²) in [7, 11) is 0. The minimum absolute atomic E-state index is 0.0334. The summed E-state index contributed by atoms with van der Waals surface area (Å²) < 4.78 is 6.09. The third-order valence-electron chi connectivity index (χ3n) is 5.53. The van der Waals surface area contributed by atoms with Crippen molar-refractivity contribution >= 4 is 6.03 Å². The number of carbonyl (C=O) groups is 1. The second-order valence-electron chi connectivity index (χ2n) is 7.51. The number of aryl methyl sites for hydroxylation is 2. The summed E-state index contributed by atoms with van der Waals surface area (Å²) in [6.45, 7) is 5.66. The molecular formula is C20H30N2O3. The van der Waals surface area contributed by atoms with Crippen molar-refractivity contribution in [3.05, 3.63) is 29.3 Å². The quantitative estimate of drug-likeness (QED) is 0.884. The zero-order valence-electron chi connectivity index (χ0n) is 15.3. The monoisotopic (exact) mass is 346 g/mol. The number of carbonyl (C=O) groups excluding carboxylic acids is 1. The van der Waals surface area contributed by atoms with E-state index in [-0.39, 0.29) is 24.3 Å². The summed E-state index contributed by atoms with van der Waals surface area (Å²) in [5.41, 5.74) is 2.51. The van der Waals surface area contributed by atoms with Gasteiger partial charge in [-0.3, -0.25) is 0 Å². The molecule has 1 aromatic rings. The molecule has 0 aromatic heterocycles. The maximum atomic E-state index is 12.4. The summed E-state index contributed by atoms with van der Waals surface area (Å²) in [6.07, 6.45) is 5.04. The summed E-state index contributed by atoms with van der Waals surface area (Å²) in [6, 6.07) is 6.45. The molecule has 0 spiro atoms. The van der Waals surface area contributed by atoms with E-state index in [9.17, 15) is 9.90 Å². The molecule has 2 amide bonds. The average molecular weight is 346 g/mol. The summed E-state index contributed by atoms with van der Waals surface area (Å²) in [5, 5.41) is 12.7. The Kier molecular flexibility index (Phi) is 5.84. The molecule has 2 aliphatic rings. The number of likely N-dealkylation sites (tertiary alicyclic amines) is 1. The highest BCUT2D eigenvalue weighted by Gasteiger charge is 2.27. The molecule has 1 saturated carbocycles. The predicted molar refractivity (Wildman–Crippen MR) is 97.9 cm³/mol. The highest BCUT2D eigenvalue weighted by Crippen LogP contribution is 2.22. The fourth-order valence-electron chi connectivity index (χ4n) is 3.64. The molecule has 2 N–H and O–H groups in total. The Morgan fingerprint density at radius 1 is 1.08 bits per heavy atom. The third kappa shape index (κ3) is 4.88. The van der Waals surface area contributed by atoms with Gasteiger partial charge in [0.15, 0.2) is 0 Å². The Labute approximate surface area is 150 Å². The van der Waals surface area contributed by atoms with E-state index in [0.29, 0.717) is 0 Å². The van der Waals surface area contributed by atoms with Crippen LogP contribution in [0.1, 0.15) is 49.7 Å². The van der Waals surface area contributed by atoms with E-state index in [1.54, 1.807) is 0 Å². The highest BCUT2D eigenvalue weighted by molar-refractivity contribution is 5.74. The van der Waals surface area contributed by atoms with Crippen LogP contribution >= 0.6 is 0 Å². The number of rotatable bonds is 3. The molecule has 5 nitrogen and oxygen atoms in total. The van der Waals surface area contributed by atoms with Crippen molar-refractivity contribution in [3.63, 3.8) is 0 Å². The summed E-state index contributed by atoms with van der Waals surface area (Å²) in [4.78, 5) is 14.3. The molecule has 1 heterocycles. The normalized spacial score (nSPS) is 24.8. The van der Waals surface area contributed by atoms with Gasteiger partial charge in [0, 0.05) is 32.0 Å². The third-order valence-corrected chi connectivity index (χ3v) is 5.53. The first kappa shape index (κ1) is 18.1. The Bertz CT molecular complexity index is 589. The predicted octanol–water partition coefficient (Wildman–Crippen LogP) is 3.16. The van der Waals surface area contributed by atoms with Gasteiger partial charge in [-0.15, -0.1) is 0 Å². The lowest BCUT2D eigenvalue weighted by atomic mass is 9.93. The number of benzene rings is 1. The number of hydrogen-bond acceptors (Lipinski definition) is 3. The highest BCUT2D eigenvalue weighted by atomic mass is 16.5. The minimum atomic E-state index is -0.188. The fourth-order valence-corrected chi connectivity index (χ4v) is 3.64. The van der Waals surface area contributed by atoms with E-state index < -0.39 is 0 Å². The van der Waals surface area contributed by atoms with Gasteiger partial charge in [0.05, 0.1) is 6.10 Å². The maximum Gasteiger partial charge on any atom is 0.317 e. The van der Waals surface area contributed by atoms with Gasteiger partial charge in [-0.1, -0.05) is 6.07 Å². The van der Waals surface area contributed by atoms with Crippen LogP contribution in [0.3, 0.4) is 0 Å². The number of ether oxygens (including phenoxy) is 1. The Morgan fingerprint density at radius 3 is 2.40 bits per heavy atom. The molecule has 0 unspecified atom stereocenters.